The summed E-state index contributed by atoms with van der Waals surface area (Å²) in [5.74, 6) is -0.747. The number of aliphatic carboxylic acids is 1. The molecule has 1 aromatic rings. The second kappa shape index (κ2) is 5.83. The summed E-state index contributed by atoms with van der Waals surface area (Å²) < 4.78 is 0. The maximum atomic E-state index is 11.2. The molecule has 1 N–H and O–H groups in total. The molecule has 2 fully saturated rings. The highest BCUT2D eigenvalue weighted by molar-refractivity contribution is 5.74. The van der Waals surface area contributed by atoms with E-state index in [2.05, 4.69) is 9.80 Å². The second-order valence-electron chi connectivity index (χ2n) is 5.87. The Balaban J connectivity index is 1.77. The lowest BCUT2D eigenvalue weighted by molar-refractivity contribution is -0.135. The summed E-state index contributed by atoms with van der Waals surface area (Å²) in [6.07, 6.45) is 4.73. The molecule has 4 heteroatoms. The number of benzene rings is 1. The molecule has 1 aromatic carbocycles. The quantitative estimate of drug-likeness (QED) is 0.914. The maximum absolute atomic E-state index is 11.2. The predicted octanol–water partition coefficient (Wildman–Crippen LogP) is 2.20. The van der Waals surface area contributed by atoms with E-state index >= 15 is 0 Å². The Kier molecular flexibility index (Phi) is 3.92. The second-order valence-corrected chi connectivity index (χ2v) is 5.87. The van der Waals surface area contributed by atoms with Gasteiger partial charge in [-0.1, -0.05) is 18.2 Å². The van der Waals surface area contributed by atoms with Crippen LogP contribution in [0.4, 0.5) is 5.69 Å². The van der Waals surface area contributed by atoms with Crippen LogP contribution in [0.2, 0.25) is 0 Å². The monoisotopic (exact) mass is 274 g/mol. The Morgan fingerprint density at radius 2 is 2.05 bits per heavy atom. The number of piperidine rings is 1. The fourth-order valence-electron chi connectivity index (χ4n) is 3.68. The zero-order valence-electron chi connectivity index (χ0n) is 11.7. The summed E-state index contributed by atoms with van der Waals surface area (Å²) in [5.41, 5.74) is 1.03. The van der Waals surface area contributed by atoms with E-state index in [1.807, 2.05) is 30.3 Å². The van der Waals surface area contributed by atoms with E-state index in [9.17, 15) is 9.90 Å². The van der Waals surface area contributed by atoms with Gasteiger partial charge in [0.05, 0.1) is 0 Å². The highest BCUT2D eigenvalue weighted by Crippen LogP contribution is 2.31. The Hall–Kier alpha value is -1.55. The standard InChI is InChI=1S/C16H22N2O2/c19-16(20)12-18(13-5-2-1-3-6-13)15-8-10-17-9-4-7-14(17)11-15/h1-3,5-6,14-15H,4,7-12H2,(H,19,20). The third kappa shape index (κ3) is 2.80. The van der Waals surface area contributed by atoms with Crippen LogP contribution in [0, 0.1) is 0 Å². The SMILES string of the molecule is O=C(O)CN(c1ccccc1)C1CCN2CCCC2C1. The molecule has 0 aliphatic carbocycles. The van der Waals surface area contributed by atoms with Crippen molar-refractivity contribution in [3.05, 3.63) is 30.3 Å². The minimum absolute atomic E-state index is 0.0986. The lowest BCUT2D eigenvalue weighted by Gasteiger charge is -2.41. The van der Waals surface area contributed by atoms with Crippen LogP contribution in [0.5, 0.6) is 0 Å². The highest BCUT2D eigenvalue weighted by atomic mass is 16.4. The van der Waals surface area contributed by atoms with Crippen molar-refractivity contribution in [2.45, 2.75) is 37.8 Å². The summed E-state index contributed by atoms with van der Waals surface area (Å²) in [6, 6.07) is 11.0. The van der Waals surface area contributed by atoms with Gasteiger partial charge < -0.3 is 14.9 Å². The lowest BCUT2D eigenvalue weighted by atomic mass is 9.95. The van der Waals surface area contributed by atoms with Crippen LogP contribution >= 0.6 is 0 Å². The number of carbonyl (C=O) groups is 1. The minimum atomic E-state index is -0.747. The van der Waals surface area contributed by atoms with Crippen molar-refractivity contribution < 1.29 is 9.90 Å². The molecule has 3 rings (SSSR count). The number of carboxylic acid groups (broad SMARTS) is 1. The molecule has 2 saturated heterocycles. The zero-order valence-corrected chi connectivity index (χ0v) is 11.7. The number of anilines is 1. The molecular formula is C16H22N2O2. The van der Waals surface area contributed by atoms with Crippen molar-refractivity contribution in [3.8, 4) is 0 Å². The fourth-order valence-corrected chi connectivity index (χ4v) is 3.68. The molecule has 2 heterocycles. The zero-order chi connectivity index (χ0) is 13.9. The molecular weight excluding hydrogens is 252 g/mol. The lowest BCUT2D eigenvalue weighted by Crippen LogP contribution is -2.49. The first-order valence-electron chi connectivity index (χ1n) is 7.51. The minimum Gasteiger partial charge on any atom is -0.480 e. The third-order valence-electron chi connectivity index (χ3n) is 4.63. The molecule has 0 spiro atoms. The molecule has 108 valence electrons. The average Bonchev–Trinajstić information content (AvgIpc) is 2.93. The van der Waals surface area contributed by atoms with Crippen LogP contribution in [-0.2, 0) is 4.79 Å². The van der Waals surface area contributed by atoms with Crippen LogP contribution in [-0.4, -0.2) is 47.7 Å². The third-order valence-corrected chi connectivity index (χ3v) is 4.63. The number of rotatable bonds is 4. The summed E-state index contributed by atoms with van der Waals surface area (Å²) >= 11 is 0. The van der Waals surface area contributed by atoms with Crippen molar-refractivity contribution in [3.63, 3.8) is 0 Å². The van der Waals surface area contributed by atoms with E-state index < -0.39 is 5.97 Å². The van der Waals surface area contributed by atoms with Crippen molar-refractivity contribution in [2.24, 2.45) is 0 Å². The summed E-state index contributed by atoms with van der Waals surface area (Å²) in [5, 5.41) is 9.21. The van der Waals surface area contributed by atoms with Gasteiger partial charge in [-0.3, -0.25) is 4.79 Å². The van der Waals surface area contributed by atoms with Crippen LogP contribution in [0.1, 0.15) is 25.7 Å². The molecule has 0 bridgehead atoms. The summed E-state index contributed by atoms with van der Waals surface area (Å²) in [6.45, 7) is 2.43. The number of carboxylic acids is 1. The molecule has 0 saturated carbocycles. The van der Waals surface area contributed by atoms with Gasteiger partial charge in [-0.2, -0.15) is 0 Å². The van der Waals surface area contributed by atoms with E-state index in [1.54, 1.807) is 0 Å². The predicted molar refractivity (Wildman–Crippen MR) is 79.0 cm³/mol. The van der Waals surface area contributed by atoms with Gasteiger partial charge >= 0.3 is 5.97 Å². The van der Waals surface area contributed by atoms with Crippen LogP contribution in [0.3, 0.4) is 0 Å². The summed E-state index contributed by atoms with van der Waals surface area (Å²) in [4.78, 5) is 15.9. The summed E-state index contributed by atoms with van der Waals surface area (Å²) in [7, 11) is 0. The van der Waals surface area contributed by atoms with Gasteiger partial charge in [0.1, 0.15) is 6.54 Å². The first-order valence-corrected chi connectivity index (χ1v) is 7.51. The van der Waals surface area contributed by atoms with Crippen LogP contribution in [0.15, 0.2) is 30.3 Å². The molecule has 4 nitrogen and oxygen atoms in total. The average molecular weight is 274 g/mol. The Bertz CT molecular complexity index is 463. The Morgan fingerprint density at radius 1 is 1.25 bits per heavy atom. The number of fused-ring (bicyclic) bond motifs is 1. The van der Waals surface area contributed by atoms with Gasteiger partial charge in [0.25, 0.3) is 0 Å². The topological polar surface area (TPSA) is 43.8 Å². The number of hydrogen-bond donors (Lipinski definition) is 1. The van der Waals surface area contributed by atoms with Crippen LogP contribution < -0.4 is 4.90 Å². The largest absolute Gasteiger partial charge is 0.480 e. The molecule has 0 aromatic heterocycles. The molecule has 0 radical (unpaired) electrons. The van der Waals surface area contributed by atoms with Gasteiger partial charge in [-0.25, -0.2) is 0 Å². The van der Waals surface area contributed by atoms with E-state index in [1.165, 1.54) is 19.4 Å². The van der Waals surface area contributed by atoms with Crippen molar-refractivity contribution in [2.75, 3.05) is 24.5 Å². The molecule has 0 amide bonds. The van der Waals surface area contributed by atoms with E-state index in [0.717, 1.165) is 25.1 Å². The molecule has 2 unspecified atom stereocenters. The highest BCUT2D eigenvalue weighted by Gasteiger charge is 2.34. The first kappa shape index (κ1) is 13.4. The molecule has 2 atom stereocenters. The van der Waals surface area contributed by atoms with E-state index in [-0.39, 0.29) is 6.54 Å². The maximum Gasteiger partial charge on any atom is 0.323 e. The van der Waals surface area contributed by atoms with Crippen molar-refractivity contribution in [1.82, 2.24) is 4.90 Å². The van der Waals surface area contributed by atoms with Gasteiger partial charge in [0.15, 0.2) is 0 Å². The van der Waals surface area contributed by atoms with Crippen molar-refractivity contribution in [1.29, 1.82) is 0 Å². The van der Waals surface area contributed by atoms with Gasteiger partial charge in [0, 0.05) is 24.3 Å². The van der Waals surface area contributed by atoms with Crippen molar-refractivity contribution >= 4 is 11.7 Å². The number of para-hydroxylation sites is 1. The number of hydrogen-bond acceptors (Lipinski definition) is 3. The van der Waals surface area contributed by atoms with Gasteiger partial charge in [-0.05, 0) is 44.4 Å². The van der Waals surface area contributed by atoms with Crippen LogP contribution in [0.25, 0.3) is 0 Å². The van der Waals surface area contributed by atoms with Gasteiger partial charge in [0.2, 0.25) is 0 Å². The Labute approximate surface area is 120 Å². The fraction of sp³-hybridized carbons (Fsp3) is 0.562. The molecule has 20 heavy (non-hydrogen) atoms. The van der Waals surface area contributed by atoms with E-state index in [0.29, 0.717) is 12.1 Å². The molecule has 2 aliphatic rings. The molecule has 2 aliphatic heterocycles. The number of nitrogens with zero attached hydrogens (tertiary/aromatic N) is 2. The Morgan fingerprint density at radius 3 is 2.80 bits per heavy atom. The normalized spacial score (nSPS) is 26.2. The smallest absolute Gasteiger partial charge is 0.323 e. The first-order chi connectivity index (χ1) is 9.74. The van der Waals surface area contributed by atoms with Gasteiger partial charge in [-0.15, -0.1) is 0 Å². The van der Waals surface area contributed by atoms with E-state index in [4.69, 9.17) is 0 Å².